The summed E-state index contributed by atoms with van der Waals surface area (Å²) in [6.07, 6.45) is 9.96. The number of nitrogens with zero attached hydrogens (tertiary/aromatic N) is 5. The lowest BCUT2D eigenvalue weighted by atomic mass is 10.3. The summed E-state index contributed by atoms with van der Waals surface area (Å²) in [4.78, 5) is 22.1. The highest BCUT2D eigenvalue weighted by Gasteiger charge is 2.27. The number of urea groups is 1. The third-order valence-corrected chi connectivity index (χ3v) is 3.86. The monoisotopic (exact) mass is 320 g/mol. The molecule has 8 heteroatoms. The van der Waals surface area contributed by atoms with Crippen molar-refractivity contribution in [3.63, 3.8) is 0 Å². The molecule has 0 aliphatic carbocycles. The van der Waals surface area contributed by atoms with E-state index >= 15 is 0 Å². The lowest BCUT2D eigenvalue weighted by Crippen LogP contribution is -2.39. The summed E-state index contributed by atoms with van der Waals surface area (Å²) >= 11 is 5.88. The molecule has 0 bridgehead atoms. The van der Waals surface area contributed by atoms with Crippen molar-refractivity contribution in [2.24, 2.45) is 0 Å². The number of amides is 2. The first-order valence-corrected chi connectivity index (χ1v) is 7.57. The van der Waals surface area contributed by atoms with Gasteiger partial charge in [-0.1, -0.05) is 11.6 Å². The molecule has 1 aliphatic rings. The Labute approximate surface area is 133 Å². The van der Waals surface area contributed by atoms with Crippen molar-refractivity contribution in [2.45, 2.75) is 18.9 Å². The molecule has 7 nitrogen and oxygen atoms in total. The third kappa shape index (κ3) is 3.54. The number of halogens is 1. The van der Waals surface area contributed by atoms with Crippen LogP contribution in [0.25, 0.3) is 0 Å². The predicted molar refractivity (Wildman–Crippen MR) is 81.6 cm³/mol. The number of carbonyl (C=O) groups is 1. The van der Waals surface area contributed by atoms with Crippen LogP contribution in [-0.2, 0) is 6.42 Å². The van der Waals surface area contributed by atoms with E-state index in [9.17, 15) is 4.79 Å². The van der Waals surface area contributed by atoms with Crippen LogP contribution in [0.4, 0.5) is 4.79 Å². The number of hydrogen-bond acceptors (Lipinski definition) is 4. The number of hydrogen-bond donors (Lipinski definition) is 1. The summed E-state index contributed by atoms with van der Waals surface area (Å²) < 4.78 is 1.83. The van der Waals surface area contributed by atoms with Crippen molar-refractivity contribution < 1.29 is 4.79 Å². The molecule has 1 N–H and O–H groups in total. The van der Waals surface area contributed by atoms with E-state index in [1.807, 2.05) is 4.68 Å². The van der Waals surface area contributed by atoms with Gasteiger partial charge in [0.15, 0.2) is 0 Å². The van der Waals surface area contributed by atoms with E-state index in [1.165, 1.54) is 0 Å². The number of likely N-dealkylation sites (tertiary alicyclic amines) is 1. The Morgan fingerprint density at radius 1 is 1.41 bits per heavy atom. The Morgan fingerprint density at radius 3 is 3.05 bits per heavy atom. The van der Waals surface area contributed by atoms with Crippen LogP contribution in [0.2, 0.25) is 5.02 Å². The van der Waals surface area contributed by atoms with Gasteiger partial charge in [-0.15, -0.1) is 0 Å². The number of aromatic nitrogens is 4. The van der Waals surface area contributed by atoms with Crippen molar-refractivity contribution in [1.29, 1.82) is 0 Å². The fourth-order valence-electron chi connectivity index (χ4n) is 2.53. The molecule has 1 fully saturated rings. The Hall–Kier alpha value is -2.15. The molecule has 1 unspecified atom stereocenters. The maximum atomic E-state index is 12.1. The second kappa shape index (κ2) is 6.74. The highest BCUT2D eigenvalue weighted by Crippen LogP contribution is 2.22. The minimum Gasteiger partial charge on any atom is -0.338 e. The van der Waals surface area contributed by atoms with E-state index in [0.29, 0.717) is 24.5 Å². The van der Waals surface area contributed by atoms with Crippen molar-refractivity contribution in [3.05, 3.63) is 41.7 Å². The number of nitrogens with one attached hydrogen (secondary N) is 1. The zero-order valence-corrected chi connectivity index (χ0v) is 12.8. The van der Waals surface area contributed by atoms with E-state index < -0.39 is 0 Å². The van der Waals surface area contributed by atoms with Gasteiger partial charge in [0.25, 0.3) is 0 Å². The highest BCUT2D eigenvalue weighted by atomic mass is 35.5. The molecule has 0 radical (unpaired) electrons. The first kappa shape index (κ1) is 14.8. The average Bonchev–Trinajstić information content (AvgIpc) is 3.17. The molecule has 3 heterocycles. The predicted octanol–water partition coefficient (Wildman–Crippen LogP) is 1.53. The third-order valence-electron chi connectivity index (χ3n) is 3.67. The first-order valence-electron chi connectivity index (χ1n) is 7.19. The minimum absolute atomic E-state index is 0.0513. The highest BCUT2D eigenvalue weighted by molar-refractivity contribution is 6.30. The molecule has 3 rings (SSSR count). The van der Waals surface area contributed by atoms with Crippen LogP contribution in [0, 0.1) is 0 Å². The zero-order chi connectivity index (χ0) is 15.4. The molecule has 2 aromatic heterocycles. The van der Waals surface area contributed by atoms with Gasteiger partial charge in [0.1, 0.15) is 0 Å². The van der Waals surface area contributed by atoms with Crippen LogP contribution in [0.5, 0.6) is 0 Å². The van der Waals surface area contributed by atoms with Gasteiger partial charge in [0.2, 0.25) is 0 Å². The molecule has 116 valence electrons. The molecule has 0 saturated carbocycles. The van der Waals surface area contributed by atoms with Crippen LogP contribution < -0.4 is 5.32 Å². The maximum Gasteiger partial charge on any atom is 0.317 e. The molecule has 0 aromatic carbocycles. The topological polar surface area (TPSA) is 75.9 Å². The molecule has 2 aromatic rings. The van der Waals surface area contributed by atoms with E-state index in [2.05, 4.69) is 20.4 Å². The smallest absolute Gasteiger partial charge is 0.317 e. The van der Waals surface area contributed by atoms with Crippen molar-refractivity contribution in [2.75, 3.05) is 19.6 Å². The molecule has 1 aliphatic heterocycles. The second-order valence-electron chi connectivity index (χ2n) is 5.21. The van der Waals surface area contributed by atoms with Crippen LogP contribution in [0.1, 0.15) is 18.2 Å². The summed E-state index contributed by atoms with van der Waals surface area (Å²) in [6, 6.07) is 0.142. The Bertz CT molecular complexity index is 631. The van der Waals surface area contributed by atoms with E-state index in [4.69, 9.17) is 11.6 Å². The quantitative estimate of drug-likeness (QED) is 0.927. The van der Waals surface area contributed by atoms with Gasteiger partial charge in [-0.05, 0) is 6.42 Å². The molecular weight excluding hydrogens is 304 g/mol. The van der Waals surface area contributed by atoms with Gasteiger partial charge in [-0.2, -0.15) is 5.10 Å². The van der Waals surface area contributed by atoms with E-state index in [1.54, 1.807) is 35.9 Å². The van der Waals surface area contributed by atoms with Gasteiger partial charge in [0.05, 0.1) is 23.0 Å². The van der Waals surface area contributed by atoms with Gasteiger partial charge in [-0.3, -0.25) is 14.6 Å². The van der Waals surface area contributed by atoms with Crippen molar-refractivity contribution >= 4 is 17.6 Å². The van der Waals surface area contributed by atoms with Crippen molar-refractivity contribution in [3.8, 4) is 0 Å². The van der Waals surface area contributed by atoms with Crippen LogP contribution >= 0.6 is 11.6 Å². The summed E-state index contributed by atoms with van der Waals surface area (Å²) in [5.41, 5.74) is 0.869. The largest absolute Gasteiger partial charge is 0.338 e. The minimum atomic E-state index is -0.0513. The van der Waals surface area contributed by atoms with Crippen molar-refractivity contribution in [1.82, 2.24) is 30.0 Å². The first-order chi connectivity index (χ1) is 10.7. The van der Waals surface area contributed by atoms with Gasteiger partial charge < -0.3 is 10.2 Å². The maximum absolute atomic E-state index is 12.1. The molecule has 0 spiro atoms. The Morgan fingerprint density at radius 2 is 2.32 bits per heavy atom. The van der Waals surface area contributed by atoms with E-state index in [-0.39, 0.29) is 12.1 Å². The molecule has 1 atom stereocenters. The average molecular weight is 321 g/mol. The summed E-state index contributed by atoms with van der Waals surface area (Å²) in [6.45, 7) is 1.92. The van der Waals surface area contributed by atoms with Gasteiger partial charge >= 0.3 is 6.03 Å². The fourth-order valence-corrected chi connectivity index (χ4v) is 2.67. The van der Waals surface area contributed by atoms with Crippen LogP contribution in [-0.4, -0.2) is 50.3 Å². The molecular formula is C14H17ClN6O. The SMILES string of the molecule is O=C(NCCc1cnccn1)N1CCC(n2cc(Cl)cn2)C1. The van der Waals surface area contributed by atoms with Gasteiger partial charge in [0, 0.05) is 50.8 Å². The normalized spacial score (nSPS) is 17.7. The Balaban J connectivity index is 1.45. The standard InChI is InChI=1S/C14H17ClN6O/c15-11-7-19-21(9-11)13-2-6-20(10-13)14(22)18-3-1-12-8-16-4-5-17-12/h4-5,7-9,13H,1-3,6,10H2,(H,18,22). The fraction of sp³-hybridized carbons (Fsp3) is 0.429. The van der Waals surface area contributed by atoms with Crippen LogP contribution in [0.15, 0.2) is 31.0 Å². The summed E-state index contributed by atoms with van der Waals surface area (Å²) in [5, 5.41) is 7.74. The molecule has 22 heavy (non-hydrogen) atoms. The molecule has 2 amide bonds. The second-order valence-corrected chi connectivity index (χ2v) is 5.64. The Kier molecular flexibility index (Phi) is 4.53. The summed E-state index contributed by atoms with van der Waals surface area (Å²) in [7, 11) is 0. The summed E-state index contributed by atoms with van der Waals surface area (Å²) in [5.74, 6) is 0. The zero-order valence-electron chi connectivity index (χ0n) is 12.0. The van der Waals surface area contributed by atoms with Crippen LogP contribution in [0.3, 0.4) is 0 Å². The number of rotatable bonds is 4. The van der Waals surface area contributed by atoms with E-state index in [0.717, 1.165) is 18.7 Å². The van der Waals surface area contributed by atoms with Gasteiger partial charge in [-0.25, -0.2) is 4.79 Å². The molecule has 1 saturated heterocycles. The lowest BCUT2D eigenvalue weighted by Gasteiger charge is -2.17. The lowest BCUT2D eigenvalue weighted by molar-refractivity contribution is 0.207. The number of carbonyl (C=O) groups excluding carboxylic acids is 1.